The average molecular weight is 412 g/mol. The summed E-state index contributed by atoms with van der Waals surface area (Å²) in [6, 6.07) is 12.9. The number of fused-ring (bicyclic) bond motifs is 2. The van der Waals surface area contributed by atoms with Crippen molar-refractivity contribution in [2.24, 2.45) is 0 Å². The van der Waals surface area contributed by atoms with Crippen LogP contribution in [-0.2, 0) is 6.54 Å². The van der Waals surface area contributed by atoms with Gasteiger partial charge >= 0.3 is 0 Å². The highest BCUT2D eigenvalue weighted by Crippen LogP contribution is 2.35. The maximum absolute atomic E-state index is 13.1. The van der Waals surface area contributed by atoms with E-state index in [1.807, 2.05) is 35.2 Å². The molecule has 2 aliphatic rings. The van der Waals surface area contributed by atoms with Crippen molar-refractivity contribution in [2.75, 3.05) is 18.0 Å². The monoisotopic (exact) mass is 411 g/mol. The topological polar surface area (TPSA) is 52.7 Å². The van der Waals surface area contributed by atoms with E-state index >= 15 is 0 Å². The van der Waals surface area contributed by atoms with E-state index in [-0.39, 0.29) is 18.0 Å². The predicted molar refractivity (Wildman–Crippen MR) is 115 cm³/mol. The molecule has 1 fully saturated rings. The second kappa shape index (κ2) is 8.46. The van der Waals surface area contributed by atoms with Gasteiger partial charge in [0.15, 0.2) is 0 Å². The first-order valence-electron chi connectivity index (χ1n) is 10.3. The van der Waals surface area contributed by atoms with Crippen LogP contribution in [-0.4, -0.2) is 36.0 Å². The molecule has 0 bridgehead atoms. The van der Waals surface area contributed by atoms with E-state index < -0.39 is 0 Å². The zero-order valence-electron chi connectivity index (χ0n) is 16.7. The summed E-state index contributed by atoms with van der Waals surface area (Å²) < 4.78 is 0. The molecular formula is C23H26ClN3O2. The maximum Gasteiger partial charge on any atom is 0.257 e. The highest BCUT2D eigenvalue weighted by Gasteiger charge is 2.37. The van der Waals surface area contributed by atoms with Crippen molar-refractivity contribution in [3.05, 3.63) is 64.2 Å². The second-order valence-corrected chi connectivity index (χ2v) is 8.03. The summed E-state index contributed by atoms with van der Waals surface area (Å²) in [6.45, 7) is 4.07. The minimum Gasteiger partial charge on any atom is -0.351 e. The fraction of sp³-hybridized carbons (Fsp3) is 0.391. The molecule has 152 valence electrons. The van der Waals surface area contributed by atoms with Gasteiger partial charge in [0.05, 0.1) is 11.3 Å². The molecule has 2 aliphatic heterocycles. The molecule has 0 radical (unpaired) electrons. The number of carbonyl (C=O) groups is 2. The molecule has 1 N–H and O–H groups in total. The van der Waals surface area contributed by atoms with Crippen LogP contribution in [0.15, 0.2) is 42.5 Å². The van der Waals surface area contributed by atoms with Crippen molar-refractivity contribution < 1.29 is 9.59 Å². The van der Waals surface area contributed by atoms with Gasteiger partial charge in [-0.15, -0.1) is 0 Å². The Morgan fingerprint density at radius 2 is 2.00 bits per heavy atom. The van der Waals surface area contributed by atoms with Crippen LogP contribution in [0.4, 0.5) is 5.69 Å². The molecule has 1 unspecified atom stereocenters. The number of nitrogens with one attached hydrogen (secondary N) is 1. The summed E-state index contributed by atoms with van der Waals surface area (Å²) in [5.41, 5.74) is 2.99. The molecule has 1 saturated heterocycles. The third-order valence-corrected chi connectivity index (χ3v) is 6.25. The van der Waals surface area contributed by atoms with E-state index in [1.54, 1.807) is 12.1 Å². The van der Waals surface area contributed by atoms with Gasteiger partial charge in [-0.05, 0) is 56.0 Å². The molecular weight excluding hydrogens is 386 g/mol. The Kier molecular flexibility index (Phi) is 5.76. The van der Waals surface area contributed by atoms with Crippen molar-refractivity contribution in [3.63, 3.8) is 0 Å². The largest absolute Gasteiger partial charge is 0.351 e. The molecule has 0 saturated carbocycles. The van der Waals surface area contributed by atoms with Gasteiger partial charge in [-0.1, -0.05) is 36.2 Å². The predicted octanol–water partition coefficient (Wildman–Crippen LogP) is 4.45. The molecule has 2 aromatic carbocycles. The third kappa shape index (κ3) is 3.84. The van der Waals surface area contributed by atoms with Gasteiger partial charge in [0.25, 0.3) is 11.8 Å². The molecule has 29 heavy (non-hydrogen) atoms. The van der Waals surface area contributed by atoms with Crippen LogP contribution in [0.25, 0.3) is 0 Å². The van der Waals surface area contributed by atoms with Crippen LogP contribution in [0, 0.1) is 0 Å². The number of rotatable bonds is 4. The quantitative estimate of drug-likeness (QED) is 0.808. The lowest BCUT2D eigenvalue weighted by Gasteiger charge is -2.44. The smallest absolute Gasteiger partial charge is 0.257 e. The van der Waals surface area contributed by atoms with Crippen LogP contribution in [0.2, 0.25) is 5.02 Å². The fourth-order valence-electron chi connectivity index (χ4n) is 4.36. The number of carbonyl (C=O) groups excluding carboxylic acids is 2. The zero-order valence-corrected chi connectivity index (χ0v) is 17.4. The summed E-state index contributed by atoms with van der Waals surface area (Å²) in [6.07, 6.45) is 4.39. The number of nitrogens with zero attached hydrogens (tertiary/aromatic N) is 2. The molecule has 0 aliphatic carbocycles. The van der Waals surface area contributed by atoms with Gasteiger partial charge in [-0.3, -0.25) is 9.59 Å². The number of halogens is 1. The molecule has 0 aromatic heterocycles. The summed E-state index contributed by atoms with van der Waals surface area (Å²) in [4.78, 5) is 30.1. The molecule has 2 amide bonds. The van der Waals surface area contributed by atoms with Crippen LogP contribution in [0.3, 0.4) is 0 Å². The van der Waals surface area contributed by atoms with E-state index in [0.29, 0.717) is 22.7 Å². The summed E-state index contributed by atoms with van der Waals surface area (Å²) in [7, 11) is 0. The average Bonchev–Trinajstić information content (AvgIpc) is 2.99. The number of benzene rings is 2. The van der Waals surface area contributed by atoms with Gasteiger partial charge in [0.1, 0.15) is 6.17 Å². The number of hydrogen-bond donors (Lipinski definition) is 1. The maximum atomic E-state index is 13.1. The van der Waals surface area contributed by atoms with Gasteiger partial charge < -0.3 is 15.1 Å². The molecule has 0 spiro atoms. The summed E-state index contributed by atoms with van der Waals surface area (Å²) in [5.74, 6) is -0.0841. The van der Waals surface area contributed by atoms with Crippen molar-refractivity contribution >= 4 is 29.1 Å². The Bertz CT molecular complexity index is 930. The molecule has 6 heteroatoms. The molecule has 1 atom stereocenters. The van der Waals surface area contributed by atoms with Gasteiger partial charge in [-0.25, -0.2) is 0 Å². The second-order valence-electron chi connectivity index (χ2n) is 7.62. The lowest BCUT2D eigenvalue weighted by atomic mass is 10.0. The lowest BCUT2D eigenvalue weighted by molar-refractivity contribution is 0.0656. The van der Waals surface area contributed by atoms with Crippen molar-refractivity contribution in [1.29, 1.82) is 0 Å². The minimum absolute atomic E-state index is 0.0830. The van der Waals surface area contributed by atoms with E-state index in [1.165, 1.54) is 0 Å². The first-order valence-corrected chi connectivity index (χ1v) is 10.7. The van der Waals surface area contributed by atoms with E-state index in [9.17, 15) is 9.59 Å². The summed E-state index contributed by atoms with van der Waals surface area (Å²) in [5, 5.41) is 3.57. The van der Waals surface area contributed by atoms with Gasteiger partial charge in [0.2, 0.25) is 0 Å². The first-order chi connectivity index (χ1) is 14.1. The van der Waals surface area contributed by atoms with Crippen molar-refractivity contribution in [2.45, 2.75) is 45.3 Å². The first kappa shape index (κ1) is 19.8. The Morgan fingerprint density at radius 3 is 2.79 bits per heavy atom. The zero-order chi connectivity index (χ0) is 20.4. The van der Waals surface area contributed by atoms with E-state index in [4.69, 9.17) is 11.6 Å². The van der Waals surface area contributed by atoms with E-state index in [2.05, 4.69) is 17.1 Å². The Morgan fingerprint density at radius 1 is 1.17 bits per heavy atom. The third-order valence-electron chi connectivity index (χ3n) is 5.88. The summed E-state index contributed by atoms with van der Waals surface area (Å²) >= 11 is 6.18. The minimum atomic E-state index is -0.167. The van der Waals surface area contributed by atoms with E-state index in [0.717, 1.165) is 50.0 Å². The molecule has 5 nitrogen and oxygen atoms in total. The highest BCUT2D eigenvalue weighted by molar-refractivity contribution is 6.31. The highest BCUT2D eigenvalue weighted by atomic mass is 35.5. The number of anilines is 1. The molecule has 2 heterocycles. The molecule has 4 rings (SSSR count). The number of amides is 2. The normalized spacial score (nSPS) is 18.7. The Hall–Kier alpha value is -2.53. The van der Waals surface area contributed by atoms with Crippen molar-refractivity contribution in [3.8, 4) is 0 Å². The molecule has 2 aromatic rings. The standard InChI is InChI=1S/C23H26ClN3O2/c1-2-26-20-14-16(22(28)25-15-17-8-5-6-9-19(17)24)11-12-18(20)23(29)27-13-7-3-4-10-21(26)27/h5-6,8-9,11-12,14,21H,2-4,7,10,13,15H2,1H3,(H,25,28). The van der Waals surface area contributed by atoms with Crippen LogP contribution >= 0.6 is 11.6 Å². The van der Waals surface area contributed by atoms with Crippen LogP contribution < -0.4 is 10.2 Å². The van der Waals surface area contributed by atoms with Crippen LogP contribution in [0.1, 0.15) is 58.9 Å². The van der Waals surface area contributed by atoms with Crippen molar-refractivity contribution in [1.82, 2.24) is 10.2 Å². The SMILES string of the molecule is CCN1c2cc(C(=O)NCc3ccccc3Cl)ccc2C(=O)N2CCCCCC21. The number of hydrogen-bond acceptors (Lipinski definition) is 3. The fourth-order valence-corrected chi connectivity index (χ4v) is 4.56. The van der Waals surface area contributed by atoms with Crippen LogP contribution in [0.5, 0.6) is 0 Å². The van der Waals surface area contributed by atoms with Gasteiger partial charge in [0, 0.05) is 30.2 Å². The Balaban J connectivity index is 1.59. The van der Waals surface area contributed by atoms with Gasteiger partial charge in [-0.2, -0.15) is 0 Å². The Labute approximate surface area is 176 Å². The lowest BCUT2D eigenvalue weighted by Crippen LogP contribution is -2.55.